The van der Waals surface area contributed by atoms with Crippen molar-refractivity contribution in [3.63, 3.8) is 0 Å². The SMILES string of the molecule is CC(CS(C)(=O)=O)NCCCN1CCc2ccccc21. The fourth-order valence-electron chi connectivity index (χ4n) is 2.77. The molecule has 112 valence electrons. The van der Waals surface area contributed by atoms with E-state index in [0.717, 1.165) is 32.5 Å². The van der Waals surface area contributed by atoms with Gasteiger partial charge in [-0.2, -0.15) is 0 Å². The quantitative estimate of drug-likeness (QED) is 0.774. The molecule has 1 N–H and O–H groups in total. The first-order valence-corrected chi connectivity index (χ1v) is 9.26. The van der Waals surface area contributed by atoms with Crippen LogP contribution in [0, 0.1) is 0 Å². The van der Waals surface area contributed by atoms with Gasteiger partial charge in [-0.3, -0.25) is 0 Å². The molecule has 1 atom stereocenters. The maximum absolute atomic E-state index is 11.2. The van der Waals surface area contributed by atoms with Crippen LogP contribution in [0.15, 0.2) is 24.3 Å². The summed E-state index contributed by atoms with van der Waals surface area (Å²) in [5, 5.41) is 3.28. The van der Waals surface area contributed by atoms with Crippen molar-refractivity contribution < 1.29 is 8.42 Å². The predicted octanol–water partition coefficient (Wildman–Crippen LogP) is 1.46. The summed E-state index contributed by atoms with van der Waals surface area (Å²) in [5.41, 5.74) is 2.79. The number of sulfone groups is 1. The van der Waals surface area contributed by atoms with E-state index in [1.165, 1.54) is 17.5 Å². The molecule has 1 unspecified atom stereocenters. The van der Waals surface area contributed by atoms with E-state index in [1.807, 2.05) is 6.92 Å². The number of rotatable bonds is 7. The Morgan fingerprint density at radius 2 is 2.10 bits per heavy atom. The van der Waals surface area contributed by atoms with Crippen LogP contribution < -0.4 is 10.2 Å². The Labute approximate surface area is 122 Å². The maximum atomic E-state index is 11.2. The van der Waals surface area contributed by atoms with E-state index < -0.39 is 9.84 Å². The Kier molecular flexibility index (Phi) is 5.05. The molecule has 0 saturated carbocycles. The highest BCUT2D eigenvalue weighted by atomic mass is 32.2. The van der Waals surface area contributed by atoms with Gasteiger partial charge in [0.25, 0.3) is 0 Å². The molecule has 1 aliphatic heterocycles. The summed E-state index contributed by atoms with van der Waals surface area (Å²) in [6.45, 7) is 4.90. The van der Waals surface area contributed by atoms with Crippen LogP contribution >= 0.6 is 0 Å². The molecule has 0 amide bonds. The van der Waals surface area contributed by atoms with Gasteiger partial charge in [0.15, 0.2) is 0 Å². The van der Waals surface area contributed by atoms with Gasteiger partial charge in [-0.1, -0.05) is 18.2 Å². The van der Waals surface area contributed by atoms with Crippen LogP contribution in [0.2, 0.25) is 0 Å². The van der Waals surface area contributed by atoms with Gasteiger partial charge in [-0.05, 0) is 37.9 Å². The number of fused-ring (bicyclic) bond motifs is 1. The maximum Gasteiger partial charge on any atom is 0.148 e. The normalized spacial score (nSPS) is 16.2. The topological polar surface area (TPSA) is 49.4 Å². The van der Waals surface area contributed by atoms with E-state index >= 15 is 0 Å². The molecule has 0 fully saturated rings. The van der Waals surface area contributed by atoms with E-state index in [0.29, 0.717) is 0 Å². The minimum absolute atomic E-state index is 0.0239. The number of nitrogens with one attached hydrogen (secondary N) is 1. The molecule has 0 aliphatic carbocycles. The smallest absolute Gasteiger partial charge is 0.148 e. The van der Waals surface area contributed by atoms with Crippen molar-refractivity contribution in [2.24, 2.45) is 0 Å². The molecule has 0 spiro atoms. The molecule has 1 aromatic rings. The average molecular weight is 296 g/mol. The highest BCUT2D eigenvalue weighted by Crippen LogP contribution is 2.27. The van der Waals surface area contributed by atoms with Crippen molar-refractivity contribution in [2.75, 3.05) is 36.5 Å². The largest absolute Gasteiger partial charge is 0.371 e. The molecule has 20 heavy (non-hydrogen) atoms. The van der Waals surface area contributed by atoms with Crippen LogP contribution in [0.1, 0.15) is 18.9 Å². The van der Waals surface area contributed by atoms with Crippen LogP contribution in [0.4, 0.5) is 5.69 Å². The Balaban J connectivity index is 1.70. The first kappa shape index (κ1) is 15.3. The third kappa shape index (κ3) is 4.49. The number of para-hydroxylation sites is 1. The molecule has 1 aromatic carbocycles. The fourth-order valence-corrected chi connectivity index (χ4v) is 3.80. The number of hydrogen-bond donors (Lipinski definition) is 1. The highest BCUT2D eigenvalue weighted by Gasteiger charge is 2.17. The zero-order valence-electron chi connectivity index (χ0n) is 12.3. The van der Waals surface area contributed by atoms with Crippen LogP contribution in [-0.2, 0) is 16.3 Å². The Bertz CT molecular complexity index is 543. The molecule has 5 heteroatoms. The number of nitrogens with zero attached hydrogens (tertiary/aromatic N) is 1. The number of anilines is 1. The molecule has 0 aromatic heterocycles. The molecule has 0 saturated heterocycles. The van der Waals surface area contributed by atoms with Crippen molar-refractivity contribution in [1.82, 2.24) is 5.32 Å². The Hall–Kier alpha value is -1.07. The summed E-state index contributed by atoms with van der Waals surface area (Å²) >= 11 is 0. The third-order valence-electron chi connectivity index (χ3n) is 3.63. The van der Waals surface area contributed by atoms with Gasteiger partial charge in [-0.25, -0.2) is 8.42 Å². The molecule has 1 heterocycles. The summed E-state index contributed by atoms with van der Waals surface area (Å²) < 4.78 is 22.3. The Morgan fingerprint density at radius 1 is 1.35 bits per heavy atom. The monoisotopic (exact) mass is 296 g/mol. The van der Waals surface area contributed by atoms with Crippen LogP contribution in [0.5, 0.6) is 0 Å². The third-order valence-corrected chi connectivity index (χ3v) is 4.74. The van der Waals surface area contributed by atoms with Crippen molar-refractivity contribution in [2.45, 2.75) is 25.8 Å². The molecule has 1 aliphatic rings. The van der Waals surface area contributed by atoms with Crippen LogP contribution in [0.25, 0.3) is 0 Å². The van der Waals surface area contributed by atoms with E-state index in [9.17, 15) is 8.42 Å². The van der Waals surface area contributed by atoms with Gasteiger partial charge in [0.2, 0.25) is 0 Å². The second kappa shape index (κ2) is 6.59. The zero-order valence-corrected chi connectivity index (χ0v) is 13.1. The minimum atomic E-state index is -2.89. The summed E-state index contributed by atoms with van der Waals surface area (Å²) in [7, 11) is -2.89. The second-order valence-corrected chi connectivity index (χ2v) is 7.85. The van der Waals surface area contributed by atoms with Gasteiger partial charge >= 0.3 is 0 Å². The average Bonchev–Trinajstić information content (AvgIpc) is 2.76. The van der Waals surface area contributed by atoms with Gasteiger partial charge < -0.3 is 10.2 Å². The molecule has 4 nitrogen and oxygen atoms in total. The summed E-state index contributed by atoms with van der Waals surface area (Å²) in [6, 6.07) is 8.58. The number of hydrogen-bond acceptors (Lipinski definition) is 4. The van der Waals surface area contributed by atoms with Crippen LogP contribution in [0.3, 0.4) is 0 Å². The summed E-state index contributed by atoms with van der Waals surface area (Å²) in [5.74, 6) is 0.208. The van der Waals surface area contributed by atoms with Gasteiger partial charge in [-0.15, -0.1) is 0 Å². The van der Waals surface area contributed by atoms with Crippen molar-refractivity contribution in [1.29, 1.82) is 0 Å². The summed E-state index contributed by atoms with van der Waals surface area (Å²) in [6.07, 6.45) is 3.45. The van der Waals surface area contributed by atoms with Crippen LogP contribution in [-0.4, -0.2) is 46.1 Å². The van der Waals surface area contributed by atoms with Crippen molar-refractivity contribution >= 4 is 15.5 Å². The lowest BCUT2D eigenvalue weighted by Crippen LogP contribution is -2.35. The van der Waals surface area contributed by atoms with Crippen molar-refractivity contribution in [3.05, 3.63) is 29.8 Å². The van der Waals surface area contributed by atoms with E-state index in [1.54, 1.807) is 0 Å². The van der Waals surface area contributed by atoms with Crippen molar-refractivity contribution in [3.8, 4) is 0 Å². The lowest BCUT2D eigenvalue weighted by Gasteiger charge is -2.20. The van der Waals surface area contributed by atoms with Gasteiger partial charge in [0, 0.05) is 31.1 Å². The first-order valence-electron chi connectivity index (χ1n) is 7.20. The fraction of sp³-hybridized carbons (Fsp3) is 0.600. The van der Waals surface area contributed by atoms with Gasteiger partial charge in [0.05, 0.1) is 5.75 Å². The van der Waals surface area contributed by atoms with E-state index in [2.05, 4.69) is 34.5 Å². The molecular weight excluding hydrogens is 272 g/mol. The second-order valence-electron chi connectivity index (χ2n) is 5.67. The first-order chi connectivity index (χ1) is 9.46. The molecular formula is C15H24N2O2S. The van der Waals surface area contributed by atoms with E-state index in [-0.39, 0.29) is 11.8 Å². The van der Waals surface area contributed by atoms with Gasteiger partial charge in [0.1, 0.15) is 9.84 Å². The lowest BCUT2D eigenvalue weighted by molar-refractivity contribution is 0.550. The molecule has 0 radical (unpaired) electrons. The minimum Gasteiger partial charge on any atom is -0.371 e. The molecule has 2 rings (SSSR count). The summed E-state index contributed by atoms with van der Waals surface area (Å²) in [4.78, 5) is 2.41. The standard InChI is InChI=1S/C15H24N2O2S/c1-13(12-20(2,18)19)16-9-5-10-17-11-8-14-6-3-4-7-15(14)17/h3-4,6-7,13,16H,5,8-12H2,1-2H3. The molecule has 0 bridgehead atoms. The zero-order chi connectivity index (χ0) is 14.6. The lowest BCUT2D eigenvalue weighted by atomic mass is 10.2. The Morgan fingerprint density at radius 3 is 2.85 bits per heavy atom. The highest BCUT2D eigenvalue weighted by molar-refractivity contribution is 7.90. The number of benzene rings is 1. The van der Waals surface area contributed by atoms with E-state index in [4.69, 9.17) is 0 Å². The predicted molar refractivity (Wildman–Crippen MR) is 84.2 cm³/mol.